The summed E-state index contributed by atoms with van der Waals surface area (Å²) in [7, 11) is 1.70. The minimum absolute atomic E-state index is 0.520. The summed E-state index contributed by atoms with van der Waals surface area (Å²) in [5.41, 5.74) is 0. The number of nitrogens with zero attached hydrogens (tertiary/aromatic N) is 1. The molecule has 4 heteroatoms. The summed E-state index contributed by atoms with van der Waals surface area (Å²) in [5.74, 6) is 2.74. The van der Waals surface area contributed by atoms with Gasteiger partial charge in [-0.15, -0.1) is 0 Å². The van der Waals surface area contributed by atoms with Gasteiger partial charge in [0.2, 0.25) is 0 Å². The Labute approximate surface area is 108 Å². The molecule has 0 aliphatic carbocycles. The first-order valence-corrected chi connectivity index (χ1v) is 8.50. The lowest BCUT2D eigenvalue weighted by Gasteiger charge is -2.30. The molecular formula is C13H26N2OS. The third-order valence-electron chi connectivity index (χ3n) is 4.21. The van der Waals surface area contributed by atoms with Gasteiger partial charge in [-0.3, -0.25) is 4.21 Å². The van der Waals surface area contributed by atoms with Crippen molar-refractivity contribution in [2.45, 2.75) is 38.1 Å². The third kappa shape index (κ3) is 4.68. The van der Waals surface area contributed by atoms with Crippen molar-refractivity contribution in [3.63, 3.8) is 0 Å². The van der Waals surface area contributed by atoms with Gasteiger partial charge in [-0.05, 0) is 64.7 Å². The number of rotatable bonds is 4. The fourth-order valence-electron chi connectivity index (χ4n) is 2.84. The van der Waals surface area contributed by atoms with E-state index in [-0.39, 0.29) is 0 Å². The molecule has 0 saturated carbocycles. The van der Waals surface area contributed by atoms with Crippen LogP contribution in [0.1, 0.15) is 32.1 Å². The summed E-state index contributed by atoms with van der Waals surface area (Å²) in [6, 6.07) is 0.638. The van der Waals surface area contributed by atoms with Crippen LogP contribution in [0.3, 0.4) is 0 Å². The Morgan fingerprint density at radius 1 is 1.18 bits per heavy atom. The molecule has 0 bridgehead atoms. The molecular weight excluding hydrogens is 232 g/mol. The summed E-state index contributed by atoms with van der Waals surface area (Å²) in [6.45, 7) is 3.70. The van der Waals surface area contributed by atoms with Crippen molar-refractivity contribution >= 4 is 10.8 Å². The van der Waals surface area contributed by atoms with Crippen LogP contribution in [0.15, 0.2) is 0 Å². The number of likely N-dealkylation sites (tertiary alicyclic amines) is 1. The molecule has 3 nitrogen and oxygen atoms in total. The quantitative estimate of drug-likeness (QED) is 0.823. The van der Waals surface area contributed by atoms with Crippen molar-refractivity contribution in [3.05, 3.63) is 0 Å². The smallest absolute Gasteiger partial charge is 0.0249 e. The highest BCUT2D eigenvalue weighted by molar-refractivity contribution is 7.85. The van der Waals surface area contributed by atoms with Crippen molar-refractivity contribution < 1.29 is 4.21 Å². The van der Waals surface area contributed by atoms with Crippen molar-refractivity contribution in [2.24, 2.45) is 5.92 Å². The van der Waals surface area contributed by atoms with Crippen molar-refractivity contribution in [1.29, 1.82) is 0 Å². The molecule has 2 rings (SSSR count). The van der Waals surface area contributed by atoms with E-state index >= 15 is 0 Å². The van der Waals surface area contributed by atoms with Gasteiger partial charge in [-0.2, -0.15) is 0 Å². The van der Waals surface area contributed by atoms with Gasteiger partial charge >= 0.3 is 0 Å². The maximum Gasteiger partial charge on any atom is 0.0249 e. The Bertz CT molecular complexity index is 242. The van der Waals surface area contributed by atoms with Crippen molar-refractivity contribution in [2.75, 3.05) is 38.2 Å². The normalized spacial score (nSPS) is 32.8. The molecule has 0 aromatic carbocycles. The molecule has 2 aliphatic rings. The molecule has 0 radical (unpaired) electrons. The number of nitrogens with one attached hydrogen (secondary N) is 1. The van der Waals surface area contributed by atoms with E-state index in [9.17, 15) is 4.21 Å². The minimum atomic E-state index is -0.520. The Hall–Kier alpha value is 0.0700. The topological polar surface area (TPSA) is 32.3 Å². The van der Waals surface area contributed by atoms with Gasteiger partial charge in [0.05, 0.1) is 0 Å². The van der Waals surface area contributed by atoms with Gasteiger partial charge in [0, 0.05) is 28.3 Å². The molecule has 2 heterocycles. The highest BCUT2D eigenvalue weighted by atomic mass is 32.2. The Balaban J connectivity index is 1.55. The summed E-state index contributed by atoms with van der Waals surface area (Å²) >= 11 is 0. The maximum atomic E-state index is 11.2. The van der Waals surface area contributed by atoms with E-state index < -0.39 is 10.8 Å². The van der Waals surface area contributed by atoms with E-state index in [0.29, 0.717) is 6.04 Å². The number of hydrogen-bond donors (Lipinski definition) is 1. The molecule has 2 saturated heterocycles. The molecule has 1 N–H and O–H groups in total. The van der Waals surface area contributed by atoms with Crippen molar-refractivity contribution in [1.82, 2.24) is 10.2 Å². The lowest BCUT2D eigenvalue weighted by molar-refractivity contribution is 0.210. The molecule has 0 aromatic heterocycles. The number of piperidine rings is 1. The zero-order valence-electron chi connectivity index (χ0n) is 11.0. The second-order valence-electron chi connectivity index (χ2n) is 5.61. The zero-order valence-corrected chi connectivity index (χ0v) is 11.8. The van der Waals surface area contributed by atoms with Crippen LogP contribution in [0.2, 0.25) is 0 Å². The molecule has 100 valence electrons. The average molecular weight is 258 g/mol. The highest BCUT2D eigenvalue weighted by Crippen LogP contribution is 2.19. The molecule has 0 amide bonds. The SMILES string of the molecule is CN1CCC(CCNC2CCS(=O)CC2)CC1. The van der Waals surface area contributed by atoms with Gasteiger partial charge in [-0.1, -0.05) is 0 Å². The van der Waals surface area contributed by atoms with Crippen LogP contribution >= 0.6 is 0 Å². The van der Waals surface area contributed by atoms with E-state index in [1.165, 1.54) is 32.4 Å². The first-order valence-electron chi connectivity index (χ1n) is 7.01. The van der Waals surface area contributed by atoms with E-state index in [0.717, 1.165) is 36.8 Å². The fourth-order valence-corrected chi connectivity index (χ4v) is 4.14. The molecule has 0 atom stereocenters. The molecule has 0 spiro atoms. The largest absolute Gasteiger partial charge is 0.314 e. The second-order valence-corrected chi connectivity index (χ2v) is 7.31. The lowest BCUT2D eigenvalue weighted by Crippen LogP contribution is -2.37. The predicted molar refractivity (Wildman–Crippen MR) is 73.7 cm³/mol. The summed E-state index contributed by atoms with van der Waals surface area (Å²) in [5, 5.41) is 3.65. The second kappa shape index (κ2) is 6.86. The van der Waals surface area contributed by atoms with Gasteiger partial charge < -0.3 is 10.2 Å². The van der Waals surface area contributed by atoms with Crippen LogP contribution in [0.4, 0.5) is 0 Å². The van der Waals surface area contributed by atoms with Crippen LogP contribution in [0.25, 0.3) is 0 Å². The standard InChI is InChI=1S/C13H26N2OS/c1-15-8-3-12(4-9-15)2-7-14-13-5-10-17(16)11-6-13/h12-14H,2-11H2,1H3. The predicted octanol–water partition coefficient (Wildman–Crippen LogP) is 1.22. The van der Waals surface area contributed by atoms with E-state index in [2.05, 4.69) is 17.3 Å². The van der Waals surface area contributed by atoms with Crippen LogP contribution < -0.4 is 5.32 Å². The molecule has 2 fully saturated rings. The molecule has 0 unspecified atom stereocenters. The van der Waals surface area contributed by atoms with Gasteiger partial charge in [0.25, 0.3) is 0 Å². The van der Waals surface area contributed by atoms with E-state index in [1.807, 2.05) is 0 Å². The Morgan fingerprint density at radius 3 is 2.47 bits per heavy atom. The first-order chi connectivity index (χ1) is 8.24. The summed E-state index contributed by atoms with van der Waals surface area (Å²) < 4.78 is 11.2. The van der Waals surface area contributed by atoms with E-state index in [1.54, 1.807) is 0 Å². The third-order valence-corrected chi connectivity index (χ3v) is 5.59. The maximum absolute atomic E-state index is 11.2. The van der Waals surface area contributed by atoms with Gasteiger partial charge in [-0.25, -0.2) is 0 Å². The average Bonchev–Trinajstić information content (AvgIpc) is 2.34. The number of hydrogen-bond acceptors (Lipinski definition) is 3. The summed E-state index contributed by atoms with van der Waals surface area (Å²) in [6.07, 6.45) is 6.28. The Kier molecular flexibility index (Phi) is 5.45. The molecule has 2 aliphatic heterocycles. The van der Waals surface area contributed by atoms with Gasteiger partial charge in [0.1, 0.15) is 0 Å². The lowest BCUT2D eigenvalue weighted by atomic mass is 9.94. The summed E-state index contributed by atoms with van der Waals surface area (Å²) in [4.78, 5) is 2.43. The zero-order chi connectivity index (χ0) is 12.1. The Morgan fingerprint density at radius 2 is 1.82 bits per heavy atom. The van der Waals surface area contributed by atoms with Crippen LogP contribution in [-0.2, 0) is 10.8 Å². The molecule has 0 aromatic rings. The van der Waals surface area contributed by atoms with Crippen LogP contribution in [0, 0.1) is 5.92 Å². The first kappa shape index (κ1) is 13.5. The highest BCUT2D eigenvalue weighted by Gasteiger charge is 2.19. The van der Waals surface area contributed by atoms with Crippen molar-refractivity contribution in [3.8, 4) is 0 Å². The van der Waals surface area contributed by atoms with Gasteiger partial charge in [0.15, 0.2) is 0 Å². The van der Waals surface area contributed by atoms with Crippen LogP contribution in [-0.4, -0.2) is 53.3 Å². The fraction of sp³-hybridized carbons (Fsp3) is 1.00. The van der Waals surface area contributed by atoms with E-state index in [4.69, 9.17) is 0 Å². The van der Waals surface area contributed by atoms with Crippen LogP contribution in [0.5, 0.6) is 0 Å². The monoisotopic (exact) mass is 258 g/mol. The molecule has 17 heavy (non-hydrogen) atoms. The minimum Gasteiger partial charge on any atom is -0.314 e.